The number of thiazole rings is 1. The average Bonchev–Trinajstić information content (AvgIpc) is 3.12. The second kappa shape index (κ2) is 4.77. The lowest BCUT2D eigenvalue weighted by molar-refractivity contribution is 0.102. The fourth-order valence-electron chi connectivity index (χ4n) is 2.35. The van der Waals surface area contributed by atoms with Crippen molar-refractivity contribution in [2.75, 3.05) is 5.32 Å². The molecule has 4 rings (SSSR count). The van der Waals surface area contributed by atoms with Gasteiger partial charge in [-0.2, -0.15) is 5.10 Å². The molecule has 1 N–H and O–H groups in total. The van der Waals surface area contributed by atoms with Crippen molar-refractivity contribution in [1.29, 1.82) is 0 Å². The van der Waals surface area contributed by atoms with Crippen LogP contribution in [0, 0.1) is 0 Å². The van der Waals surface area contributed by atoms with E-state index in [4.69, 9.17) is 0 Å². The zero-order valence-electron chi connectivity index (χ0n) is 11.8. The summed E-state index contributed by atoms with van der Waals surface area (Å²) in [7, 11) is 1.77. The van der Waals surface area contributed by atoms with Crippen LogP contribution in [0.3, 0.4) is 0 Å². The van der Waals surface area contributed by atoms with Crippen molar-refractivity contribution in [2.45, 2.75) is 18.8 Å². The molecule has 1 fully saturated rings. The second-order valence-electron chi connectivity index (χ2n) is 5.34. The van der Waals surface area contributed by atoms with Gasteiger partial charge in [0.15, 0.2) is 4.96 Å². The Hall–Kier alpha value is -2.48. The van der Waals surface area contributed by atoms with Crippen LogP contribution in [0.15, 0.2) is 28.6 Å². The molecular weight excluding hydrogens is 302 g/mol. The van der Waals surface area contributed by atoms with Gasteiger partial charge in [-0.25, -0.2) is 4.98 Å². The molecule has 0 atom stereocenters. The van der Waals surface area contributed by atoms with E-state index in [-0.39, 0.29) is 11.1 Å². The zero-order chi connectivity index (χ0) is 15.3. The van der Waals surface area contributed by atoms with Crippen molar-refractivity contribution < 1.29 is 4.79 Å². The largest absolute Gasteiger partial charge is 0.307 e. The number of aromatic nitrogens is 4. The Bertz CT molecular complexity index is 934. The standard InChI is InChI=1S/C14H13N5O2S/c1-18-11(6-10(17-18)8-2-3-8)16-12(20)9-7-15-14-19(13(9)21)4-5-22-14/h4-8H,2-3H2,1H3,(H,16,20). The lowest BCUT2D eigenvalue weighted by atomic mass is 10.3. The predicted octanol–water partition coefficient (Wildman–Crippen LogP) is 1.62. The number of hydrogen-bond donors (Lipinski definition) is 1. The van der Waals surface area contributed by atoms with E-state index in [0.29, 0.717) is 16.7 Å². The molecule has 3 aromatic rings. The van der Waals surface area contributed by atoms with Gasteiger partial charge in [0.2, 0.25) is 0 Å². The molecule has 0 spiro atoms. The molecule has 1 saturated carbocycles. The van der Waals surface area contributed by atoms with Crippen LogP contribution >= 0.6 is 11.3 Å². The molecule has 0 radical (unpaired) electrons. The van der Waals surface area contributed by atoms with Gasteiger partial charge in [0.1, 0.15) is 11.4 Å². The van der Waals surface area contributed by atoms with E-state index < -0.39 is 5.91 Å². The summed E-state index contributed by atoms with van der Waals surface area (Å²) in [5.41, 5.74) is 0.638. The quantitative estimate of drug-likeness (QED) is 0.796. The molecular formula is C14H13N5O2S. The van der Waals surface area contributed by atoms with E-state index in [2.05, 4.69) is 15.4 Å². The number of nitrogens with zero attached hydrogens (tertiary/aromatic N) is 4. The third-order valence-electron chi connectivity index (χ3n) is 3.72. The van der Waals surface area contributed by atoms with E-state index in [1.165, 1.54) is 21.9 Å². The number of carbonyl (C=O) groups excluding carboxylic acids is 1. The molecule has 112 valence electrons. The average molecular weight is 315 g/mol. The monoisotopic (exact) mass is 315 g/mol. The first kappa shape index (κ1) is 13.2. The van der Waals surface area contributed by atoms with Crippen molar-refractivity contribution in [3.05, 3.63) is 45.5 Å². The normalized spacial score (nSPS) is 14.4. The maximum atomic E-state index is 12.3. The number of carbonyl (C=O) groups is 1. The summed E-state index contributed by atoms with van der Waals surface area (Å²) in [5.74, 6) is 0.622. The summed E-state index contributed by atoms with van der Waals surface area (Å²) < 4.78 is 3.00. The molecule has 7 nitrogen and oxygen atoms in total. The third kappa shape index (κ3) is 2.12. The Balaban J connectivity index is 1.65. The fraction of sp³-hybridized carbons (Fsp3) is 0.286. The van der Waals surface area contributed by atoms with Crippen molar-refractivity contribution in [2.24, 2.45) is 7.05 Å². The molecule has 3 heterocycles. The van der Waals surface area contributed by atoms with Crippen LogP contribution < -0.4 is 10.9 Å². The lowest BCUT2D eigenvalue weighted by Gasteiger charge is -2.04. The van der Waals surface area contributed by atoms with Crippen molar-refractivity contribution in [3.8, 4) is 0 Å². The topological polar surface area (TPSA) is 81.3 Å². The molecule has 1 amide bonds. The highest BCUT2D eigenvalue weighted by atomic mass is 32.1. The number of anilines is 1. The fourth-order valence-corrected chi connectivity index (χ4v) is 3.02. The Labute approximate surface area is 129 Å². The molecule has 1 aliphatic rings. The maximum Gasteiger partial charge on any atom is 0.271 e. The lowest BCUT2D eigenvalue weighted by Crippen LogP contribution is -2.26. The summed E-state index contributed by atoms with van der Waals surface area (Å²) in [4.78, 5) is 29.3. The van der Waals surface area contributed by atoms with Crippen molar-refractivity contribution in [3.63, 3.8) is 0 Å². The molecule has 1 aliphatic carbocycles. The minimum Gasteiger partial charge on any atom is -0.307 e. The number of aryl methyl sites for hydroxylation is 1. The molecule has 3 aromatic heterocycles. The van der Waals surface area contributed by atoms with Gasteiger partial charge in [-0.1, -0.05) is 0 Å². The first-order valence-corrected chi connectivity index (χ1v) is 7.81. The Morgan fingerprint density at radius 1 is 1.45 bits per heavy atom. The van der Waals surface area contributed by atoms with Gasteiger partial charge in [-0.05, 0) is 12.8 Å². The molecule has 0 bridgehead atoms. The Kier molecular flexibility index (Phi) is 2.86. The van der Waals surface area contributed by atoms with E-state index in [1.807, 2.05) is 6.07 Å². The van der Waals surface area contributed by atoms with Gasteiger partial charge in [0.25, 0.3) is 11.5 Å². The van der Waals surface area contributed by atoms with Gasteiger partial charge < -0.3 is 5.32 Å². The Morgan fingerprint density at radius 3 is 3.05 bits per heavy atom. The maximum absolute atomic E-state index is 12.3. The first-order valence-electron chi connectivity index (χ1n) is 6.93. The summed E-state index contributed by atoms with van der Waals surface area (Å²) in [6.45, 7) is 0. The number of fused-ring (bicyclic) bond motifs is 1. The Morgan fingerprint density at radius 2 is 2.27 bits per heavy atom. The summed E-state index contributed by atoms with van der Waals surface area (Å²) in [5, 5.41) is 8.89. The minimum absolute atomic E-state index is 0.0186. The highest BCUT2D eigenvalue weighted by molar-refractivity contribution is 7.15. The predicted molar refractivity (Wildman–Crippen MR) is 82.5 cm³/mol. The van der Waals surface area contributed by atoms with Crippen LogP contribution in [0.2, 0.25) is 0 Å². The van der Waals surface area contributed by atoms with Gasteiger partial charge in [-0.3, -0.25) is 18.7 Å². The SMILES string of the molecule is Cn1nc(C2CC2)cc1NC(=O)c1cnc2sccn2c1=O. The van der Waals surface area contributed by atoms with Crippen molar-refractivity contribution >= 4 is 28.0 Å². The smallest absolute Gasteiger partial charge is 0.271 e. The molecule has 0 aliphatic heterocycles. The summed E-state index contributed by atoms with van der Waals surface area (Å²) in [6, 6.07) is 1.86. The number of amides is 1. The van der Waals surface area contributed by atoms with Crippen LogP contribution in [0.4, 0.5) is 5.82 Å². The first-order chi connectivity index (χ1) is 10.6. The van der Waals surface area contributed by atoms with Crippen LogP contribution in [0.25, 0.3) is 4.96 Å². The molecule has 0 aromatic carbocycles. The van der Waals surface area contributed by atoms with Gasteiger partial charge >= 0.3 is 0 Å². The summed E-state index contributed by atoms with van der Waals surface area (Å²) >= 11 is 1.35. The van der Waals surface area contributed by atoms with Gasteiger partial charge in [0.05, 0.1) is 5.69 Å². The van der Waals surface area contributed by atoms with Crippen LogP contribution in [-0.2, 0) is 7.05 Å². The highest BCUT2D eigenvalue weighted by Gasteiger charge is 2.27. The van der Waals surface area contributed by atoms with E-state index in [1.54, 1.807) is 23.3 Å². The second-order valence-corrected chi connectivity index (χ2v) is 6.21. The van der Waals surface area contributed by atoms with Gasteiger partial charge in [0, 0.05) is 36.8 Å². The molecule has 22 heavy (non-hydrogen) atoms. The number of hydrogen-bond acceptors (Lipinski definition) is 5. The zero-order valence-corrected chi connectivity index (χ0v) is 12.6. The van der Waals surface area contributed by atoms with Crippen LogP contribution in [0.5, 0.6) is 0 Å². The summed E-state index contributed by atoms with van der Waals surface area (Å²) in [6.07, 6.45) is 5.22. The van der Waals surface area contributed by atoms with Gasteiger partial charge in [-0.15, -0.1) is 11.3 Å². The number of nitrogens with one attached hydrogen (secondary N) is 1. The van der Waals surface area contributed by atoms with E-state index >= 15 is 0 Å². The molecule has 0 unspecified atom stereocenters. The molecule has 8 heteroatoms. The van der Waals surface area contributed by atoms with Crippen molar-refractivity contribution in [1.82, 2.24) is 19.2 Å². The third-order valence-corrected chi connectivity index (χ3v) is 4.49. The highest BCUT2D eigenvalue weighted by Crippen LogP contribution is 2.39. The number of rotatable bonds is 3. The van der Waals surface area contributed by atoms with Crippen LogP contribution in [-0.4, -0.2) is 25.1 Å². The molecule has 0 saturated heterocycles. The minimum atomic E-state index is -0.469. The van der Waals surface area contributed by atoms with E-state index in [0.717, 1.165) is 18.5 Å². The van der Waals surface area contributed by atoms with E-state index in [9.17, 15) is 9.59 Å². The van der Waals surface area contributed by atoms with Crippen LogP contribution in [0.1, 0.15) is 34.8 Å².